The third kappa shape index (κ3) is 2.67. The normalized spacial score (nSPS) is 23.8. The maximum Gasteiger partial charge on any atom is 0.160 e. The lowest BCUT2D eigenvalue weighted by Gasteiger charge is -2.19. The standard InChI is InChI=1S/C13H23N3O2/c1-15(2)7-8-16-13(12(18-3)9-14-16)10-5-4-6-11(10)17/h9-11,17H,4-8H2,1-3H3. The fourth-order valence-electron chi connectivity index (χ4n) is 2.64. The fraction of sp³-hybridized carbons (Fsp3) is 0.769. The van der Waals surface area contributed by atoms with Crippen LogP contribution in [0.25, 0.3) is 0 Å². The Morgan fingerprint density at radius 3 is 2.83 bits per heavy atom. The molecule has 102 valence electrons. The number of aliphatic hydroxyl groups excluding tert-OH is 1. The molecule has 2 unspecified atom stereocenters. The van der Waals surface area contributed by atoms with E-state index in [-0.39, 0.29) is 12.0 Å². The minimum atomic E-state index is -0.256. The van der Waals surface area contributed by atoms with Crippen molar-refractivity contribution >= 4 is 0 Å². The summed E-state index contributed by atoms with van der Waals surface area (Å²) in [4.78, 5) is 2.13. The molecule has 2 rings (SSSR count). The number of ether oxygens (including phenoxy) is 1. The highest BCUT2D eigenvalue weighted by molar-refractivity contribution is 5.30. The first kappa shape index (κ1) is 13.4. The summed E-state index contributed by atoms with van der Waals surface area (Å²) < 4.78 is 7.37. The van der Waals surface area contributed by atoms with Crippen LogP contribution in [0.15, 0.2) is 6.20 Å². The molecule has 2 atom stereocenters. The lowest BCUT2D eigenvalue weighted by molar-refractivity contribution is 0.158. The zero-order valence-corrected chi connectivity index (χ0v) is 11.5. The lowest BCUT2D eigenvalue weighted by atomic mass is 10.0. The van der Waals surface area contributed by atoms with Crippen molar-refractivity contribution in [2.45, 2.75) is 37.8 Å². The molecule has 1 aromatic rings. The van der Waals surface area contributed by atoms with Gasteiger partial charge >= 0.3 is 0 Å². The first-order valence-corrected chi connectivity index (χ1v) is 6.56. The molecule has 1 aliphatic rings. The summed E-state index contributed by atoms with van der Waals surface area (Å²) in [5, 5.41) is 14.5. The maximum atomic E-state index is 10.1. The van der Waals surface area contributed by atoms with E-state index < -0.39 is 0 Å². The van der Waals surface area contributed by atoms with Gasteiger partial charge in [0.25, 0.3) is 0 Å². The summed E-state index contributed by atoms with van der Waals surface area (Å²) in [5.74, 6) is 0.976. The van der Waals surface area contributed by atoms with E-state index in [9.17, 15) is 5.11 Å². The van der Waals surface area contributed by atoms with E-state index in [0.29, 0.717) is 0 Å². The van der Waals surface area contributed by atoms with E-state index in [2.05, 4.69) is 10.00 Å². The van der Waals surface area contributed by atoms with E-state index in [4.69, 9.17) is 4.74 Å². The molecule has 0 spiro atoms. The van der Waals surface area contributed by atoms with Crippen LogP contribution < -0.4 is 4.74 Å². The molecule has 0 saturated heterocycles. The Morgan fingerprint density at radius 1 is 1.50 bits per heavy atom. The molecule has 1 heterocycles. The van der Waals surface area contributed by atoms with E-state index in [0.717, 1.165) is 43.8 Å². The molecule has 0 radical (unpaired) electrons. The molecular formula is C13H23N3O2. The zero-order valence-electron chi connectivity index (χ0n) is 11.5. The van der Waals surface area contributed by atoms with Crippen molar-refractivity contribution in [3.8, 4) is 5.75 Å². The second kappa shape index (κ2) is 5.71. The van der Waals surface area contributed by atoms with Crippen LogP contribution in [-0.2, 0) is 6.54 Å². The summed E-state index contributed by atoms with van der Waals surface area (Å²) >= 11 is 0. The maximum absolute atomic E-state index is 10.1. The Balaban J connectivity index is 2.21. The number of aromatic nitrogens is 2. The van der Waals surface area contributed by atoms with Gasteiger partial charge in [0.2, 0.25) is 0 Å². The number of nitrogens with zero attached hydrogens (tertiary/aromatic N) is 3. The Morgan fingerprint density at radius 2 is 2.28 bits per heavy atom. The highest BCUT2D eigenvalue weighted by atomic mass is 16.5. The summed E-state index contributed by atoms with van der Waals surface area (Å²) in [5.41, 5.74) is 1.06. The van der Waals surface area contributed by atoms with Crippen LogP contribution in [-0.4, -0.2) is 53.6 Å². The largest absolute Gasteiger partial charge is 0.493 e. The van der Waals surface area contributed by atoms with E-state index in [1.807, 2.05) is 18.8 Å². The Kier molecular flexibility index (Phi) is 4.24. The topological polar surface area (TPSA) is 50.5 Å². The zero-order chi connectivity index (χ0) is 13.1. The van der Waals surface area contributed by atoms with Crippen LogP contribution in [0, 0.1) is 0 Å². The van der Waals surface area contributed by atoms with Crippen LogP contribution in [0.2, 0.25) is 0 Å². The van der Waals surface area contributed by atoms with Gasteiger partial charge in [-0.25, -0.2) is 0 Å². The molecule has 1 aliphatic carbocycles. The second-order valence-corrected chi connectivity index (χ2v) is 5.23. The average molecular weight is 253 g/mol. The fourth-order valence-corrected chi connectivity index (χ4v) is 2.64. The van der Waals surface area contributed by atoms with Gasteiger partial charge in [-0.15, -0.1) is 0 Å². The summed E-state index contributed by atoms with van der Waals surface area (Å²) in [6.45, 7) is 1.76. The average Bonchev–Trinajstić information content (AvgIpc) is 2.91. The molecule has 18 heavy (non-hydrogen) atoms. The van der Waals surface area contributed by atoms with Crippen LogP contribution in [0.4, 0.5) is 0 Å². The SMILES string of the molecule is COc1cnn(CCN(C)C)c1C1CCCC1O. The molecule has 1 fully saturated rings. The highest BCUT2D eigenvalue weighted by Gasteiger charge is 2.32. The molecule has 5 nitrogen and oxygen atoms in total. The molecule has 0 aliphatic heterocycles. The molecule has 1 N–H and O–H groups in total. The van der Waals surface area contributed by atoms with Gasteiger partial charge in [-0.05, 0) is 26.9 Å². The van der Waals surface area contributed by atoms with Crippen molar-refractivity contribution in [1.29, 1.82) is 0 Å². The van der Waals surface area contributed by atoms with Gasteiger partial charge < -0.3 is 14.7 Å². The van der Waals surface area contributed by atoms with E-state index in [1.165, 1.54) is 0 Å². The Labute approximate surface area is 108 Å². The number of likely N-dealkylation sites (N-methyl/N-ethyl adjacent to an activating group) is 1. The quantitative estimate of drug-likeness (QED) is 0.853. The van der Waals surface area contributed by atoms with Crippen LogP contribution in [0.3, 0.4) is 0 Å². The molecule has 5 heteroatoms. The molecule has 1 saturated carbocycles. The summed E-state index contributed by atoms with van der Waals surface area (Å²) in [7, 11) is 5.76. The molecule has 0 aromatic carbocycles. The van der Waals surface area contributed by atoms with E-state index in [1.54, 1.807) is 13.3 Å². The third-order valence-corrected chi connectivity index (χ3v) is 3.65. The number of methoxy groups -OCH3 is 1. The number of hydrogen-bond acceptors (Lipinski definition) is 4. The Bertz CT molecular complexity index is 390. The first-order chi connectivity index (χ1) is 8.63. The van der Waals surface area contributed by atoms with Gasteiger partial charge in [-0.1, -0.05) is 6.42 Å². The molecule has 0 bridgehead atoms. The second-order valence-electron chi connectivity index (χ2n) is 5.23. The van der Waals surface area contributed by atoms with Gasteiger partial charge in [0.15, 0.2) is 5.75 Å². The van der Waals surface area contributed by atoms with Crippen molar-refractivity contribution in [2.24, 2.45) is 0 Å². The summed E-state index contributed by atoms with van der Waals surface area (Å²) in [6, 6.07) is 0. The van der Waals surface area contributed by atoms with Gasteiger partial charge in [0.05, 0.1) is 31.6 Å². The van der Waals surface area contributed by atoms with Crippen LogP contribution in [0.1, 0.15) is 30.9 Å². The van der Waals surface area contributed by atoms with Crippen molar-refractivity contribution in [3.63, 3.8) is 0 Å². The van der Waals surface area contributed by atoms with Crippen molar-refractivity contribution in [3.05, 3.63) is 11.9 Å². The number of rotatable bonds is 5. The van der Waals surface area contributed by atoms with Gasteiger partial charge in [0.1, 0.15) is 0 Å². The van der Waals surface area contributed by atoms with Crippen molar-refractivity contribution in [1.82, 2.24) is 14.7 Å². The van der Waals surface area contributed by atoms with Gasteiger partial charge in [0, 0.05) is 12.5 Å². The van der Waals surface area contributed by atoms with Crippen molar-refractivity contribution in [2.75, 3.05) is 27.7 Å². The minimum absolute atomic E-state index is 0.171. The lowest BCUT2D eigenvalue weighted by Crippen LogP contribution is -2.23. The number of hydrogen-bond donors (Lipinski definition) is 1. The first-order valence-electron chi connectivity index (χ1n) is 6.56. The molecular weight excluding hydrogens is 230 g/mol. The highest BCUT2D eigenvalue weighted by Crippen LogP contribution is 2.38. The van der Waals surface area contributed by atoms with E-state index >= 15 is 0 Å². The van der Waals surface area contributed by atoms with Crippen molar-refractivity contribution < 1.29 is 9.84 Å². The summed E-state index contributed by atoms with van der Waals surface area (Å²) in [6.07, 6.45) is 4.48. The predicted molar refractivity (Wildman–Crippen MR) is 69.9 cm³/mol. The van der Waals surface area contributed by atoms with Gasteiger partial charge in [-0.3, -0.25) is 4.68 Å². The predicted octanol–water partition coefficient (Wildman–Crippen LogP) is 1.08. The minimum Gasteiger partial charge on any atom is -0.493 e. The molecule has 0 amide bonds. The number of aliphatic hydroxyl groups is 1. The Hall–Kier alpha value is -1.07. The van der Waals surface area contributed by atoms with Crippen LogP contribution >= 0.6 is 0 Å². The monoisotopic (exact) mass is 253 g/mol. The third-order valence-electron chi connectivity index (χ3n) is 3.65. The van der Waals surface area contributed by atoms with Crippen LogP contribution in [0.5, 0.6) is 5.75 Å². The smallest absolute Gasteiger partial charge is 0.160 e. The van der Waals surface area contributed by atoms with Gasteiger partial charge in [-0.2, -0.15) is 5.10 Å². The molecule has 1 aromatic heterocycles.